The Morgan fingerprint density at radius 1 is 1.47 bits per heavy atom. The van der Waals surface area contributed by atoms with E-state index in [-0.39, 0.29) is 22.4 Å². The van der Waals surface area contributed by atoms with Crippen molar-refractivity contribution in [3.63, 3.8) is 0 Å². The van der Waals surface area contributed by atoms with Gasteiger partial charge in [-0.05, 0) is 39.9 Å². The normalized spacial score (nSPS) is 30.1. The van der Waals surface area contributed by atoms with Gasteiger partial charge in [0.2, 0.25) is 5.91 Å². The van der Waals surface area contributed by atoms with Crippen LogP contribution in [0.1, 0.15) is 47.5 Å². The Hall–Kier alpha value is -0.220. The molecule has 1 N–H and O–H groups in total. The van der Waals surface area contributed by atoms with Crippen LogP contribution in [0.2, 0.25) is 0 Å². The SMILES string of the molecule is CCC1NC(C)(CC)C(=O)N1CC(C)(C)SC. The van der Waals surface area contributed by atoms with Gasteiger partial charge in [0.15, 0.2) is 0 Å². The van der Waals surface area contributed by atoms with E-state index in [1.807, 2.05) is 23.6 Å². The fourth-order valence-corrected chi connectivity index (χ4v) is 2.47. The first-order valence-electron chi connectivity index (χ1n) is 6.43. The van der Waals surface area contributed by atoms with Crippen molar-refractivity contribution in [3.8, 4) is 0 Å². The van der Waals surface area contributed by atoms with Crippen molar-refractivity contribution >= 4 is 17.7 Å². The molecule has 2 unspecified atom stereocenters. The summed E-state index contributed by atoms with van der Waals surface area (Å²) >= 11 is 1.81. The van der Waals surface area contributed by atoms with Crippen LogP contribution in [0, 0.1) is 0 Å². The molecular weight excluding hydrogens is 232 g/mol. The molecule has 1 saturated heterocycles. The molecule has 17 heavy (non-hydrogen) atoms. The van der Waals surface area contributed by atoms with E-state index in [9.17, 15) is 4.79 Å². The van der Waals surface area contributed by atoms with Gasteiger partial charge in [0.1, 0.15) is 0 Å². The van der Waals surface area contributed by atoms with Gasteiger partial charge in [-0.25, -0.2) is 0 Å². The third-order valence-corrected chi connectivity index (χ3v) is 5.03. The predicted molar refractivity (Wildman–Crippen MR) is 75.2 cm³/mol. The molecule has 3 nitrogen and oxygen atoms in total. The summed E-state index contributed by atoms with van der Waals surface area (Å²) in [6, 6.07) is 0. The minimum Gasteiger partial charge on any atom is -0.324 e. The Kier molecular flexibility index (Phi) is 4.53. The maximum absolute atomic E-state index is 12.5. The van der Waals surface area contributed by atoms with E-state index in [1.165, 1.54) is 0 Å². The average molecular weight is 258 g/mol. The van der Waals surface area contributed by atoms with Crippen molar-refractivity contribution in [1.82, 2.24) is 10.2 Å². The highest BCUT2D eigenvalue weighted by atomic mass is 32.2. The fourth-order valence-electron chi connectivity index (χ4n) is 2.20. The molecule has 1 heterocycles. The molecule has 1 rings (SSSR count). The molecule has 1 aliphatic heterocycles. The van der Waals surface area contributed by atoms with Crippen LogP contribution in [-0.4, -0.2) is 40.1 Å². The summed E-state index contributed by atoms with van der Waals surface area (Å²) in [6.07, 6.45) is 4.11. The van der Waals surface area contributed by atoms with E-state index >= 15 is 0 Å². The van der Waals surface area contributed by atoms with E-state index in [1.54, 1.807) is 0 Å². The molecule has 0 spiro atoms. The number of amides is 1. The Bertz CT molecular complexity index is 293. The van der Waals surface area contributed by atoms with Gasteiger partial charge in [-0.1, -0.05) is 13.8 Å². The van der Waals surface area contributed by atoms with Crippen molar-refractivity contribution in [1.29, 1.82) is 0 Å². The quantitative estimate of drug-likeness (QED) is 0.822. The molecule has 0 saturated carbocycles. The molecule has 100 valence electrons. The molecular formula is C13H26N2OS. The lowest BCUT2D eigenvalue weighted by atomic mass is 9.99. The number of carbonyl (C=O) groups excluding carboxylic acids is 1. The second kappa shape index (κ2) is 5.19. The molecule has 2 atom stereocenters. The molecule has 4 heteroatoms. The van der Waals surface area contributed by atoms with Crippen molar-refractivity contribution in [2.45, 2.75) is 63.9 Å². The minimum atomic E-state index is -0.366. The van der Waals surface area contributed by atoms with E-state index in [0.29, 0.717) is 0 Å². The lowest BCUT2D eigenvalue weighted by molar-refractivity contribution is -0.133. The zero-order valence-corrected chi connectivity index (χ0v) is 12.8. The Labute approximate surface area is 110 Å². The molecule has 0 aliphatic carbocycles. The first-order valence-corrected chi connectivity index (χ1v) is 7.66. The zero-order valence-electron chi connectivity index (χ0n) is 12.0. The maximum atomic E-state index is 12.5. The number of rotatable bonds is 5. The van der Waals surface area contributed by atoms with Crippen molar-refractivity contribution in [3.05, 3.63) is 0 Å². The van der Waals surface area contributed by atoms with Crippen molar-refractivity contribution in [2.24, 2.45) is 0 Å². The lowest BCUT2D eigenvalue weighted by Crippen LogP contribution is -2.44. The Morgan fingerprint density at radius 2 is 2.06 bits per heavy atom. The van der Waals surface area contributed by atoms with E-state index < -0.39 is 0 Å². The zero-order chi connectivity index (χ0) is 13.3. The Morgan fingerprint density at radius 3 is 2.47 bits per heavy atom. The number of thioether (sulfide) groups is 1. The van der Waals surface area contributed by atoms with Crippen molar-refractivity contribution in [2.75, 3.05) is 12.8 Å². The first kappa shape index (κ1) is 14.8. The Balaban J connectivity index is 2.87. The maximum Gasteiger partial charge on any atom is 0.243 e. The van der Waals surface area contributed by atoms with E-state index in [0.717, 1.165) is 19.4 Å². The highest BCUT2D eigenvalue weighted by molar-refractivity contribution is 7.99. The van der Waals surface area contributed by atoms with Crippen LogP contribution in [0.4, 0.5) is 0 Å². The summed E-state index contributed by atoms with van der Waals surface area (Å²) in [5.41, 5.74) is -0.366. The van der Waals surface area contributed by atoms with Gasteiger partial charge >= 0.3 is 0 Å². The number of nitrogens with one attached hydrogen (secondary N) is 1. The van der Waals surface area contributed by atoms with E-state index in [2.05, 4.69) is 39.3 Å². The van der Waals surface area contributed by atoms with Gasteiger partial charge in [0.05, 0.1) is 11.7 Å². The van der Waals surface area contributed by atoms with Gasteiger partial charge in [-0.3, -0.25) is 10.1 Å². The number of carbonyl (C=O) groups is 1. The van der Waals surface area contributed by atoms with Gasteiger partial charge in [-0.2, -0.15) is 11.8 Å². The van der Waals surface area contributed by atoms with Crippen LogP contribution in [0.25, 0.3) is 0 Å². The number of hydrogen-bond acceptors (Lipinski definition) is 3. The molecule has 0 aromatic heterocycles. The second-order valence-corrected chi connectivity index (χ2v) is 7.16. The largest absolute Gasteiger partial charge is 0.324 e. The standard InChI is InChI=1S/C13H26N2OS/c1-7-10-14-13(5,8-2)11(16)15(10)9-12(3,4)17-6/h10,14H,7-9H2,1-6H3. The smallest absolute Gasteiger partial charge is 0.243 e. The van der Waals surface area contributed by atoms with Crippen LogP contribution in [0.15, 0.2) is 0 Å². The highest BCUT2D eigenvalue weighted by Crippen LogP contribution is 2.30. The summed E-state index contributed by atoms with van der Waals surface area (Å²) in [5.74, 6) is 0.258. The summed E-state index contributed by atoms with van der Waals surface area (Å²) in [4.78, 5) is 14.5. The van der Waals surface area contributed by atoms with Crippen LogP contribution in [-0.2, 0) is 4.79 Å². The predicted octanol–water partition coefficient (Wildman–Crippen LogP) is 2.46. The van der Waals surface area contributed by atoms with Gasteiger partial charge in [0, 0.05) is 11.3 Å². The second-order valence-electron chi connectivity index (χ2n) is 5.65. The molecule has 1 fully saturated rings. The monoisotopic (exact) mass is 258 g/mol. The van der Waals surface area contributed by atoms with Crippen molar-refractivity contribution < 1.29 is 4.79 Å². The molecule has 1 amide bonds. The topological polar surface area (TPSA) is 32.3 Å². The fraction of sp³-hybridized carbons (Fsp3) is 0.923. The summed E-state index contributed by atoms with van der Waals surface area (Å²) in [6.45, 7) is 11.4. The molecule has 0 bridgehead atoms. The summed E-state index contributed by atoms with van der Waals surface area (Å²) in [7, 11) is 0. The van der Waals surface area contributed by atoms with Crippen LogP contribution in [0.5, 0.6) is 0 Å². The van der Waals surface area contributed by atoms with Crippen LogP contribution >= 0.6 is 11.8 Å². The minimum absolute atomic E-state index is 0.115. The number of nitrogens with zero attached hydrogens (tertiary/aromatic N) is 1. The summed E-state index contributed by atoms with van der Waals surface area (Å²) < 4.78 is 0.115. The molecule has 1 aliphatic rings. The van der Waals surface area contributed by atoms with E-state index in [4.69, 9.17) is 0 Å². The third kappa shape index (κ3) is 2.97. The number of hydrogen-bond donors (Lipinski definition) is 1. The van der Waals surface area contributed by atoms with Gasteiger partial charge in [-0.15, -0.1) is 0 Å². The molecule has 0 radical (unpaired) electrons. The molecule has 0 aromatic rings. The van der Waals surface area contributed by atoms with Crippen LogP contribution < -0.4 is 5.32 Å². The summed E-state index contributed by atoms with van der Waals surface area (Å²) in [5, 5.41) is 3.48. The van der Waals surface area contributed by atoms with Crippen LogP contribution in [0.3, 0.4) is 0 Å². The highest BCUT2D eigenvalue weighted by Gasteiger charge is 2.47. The van der Waals surface area contributed by atoms with Gasteiger partial charge in [0.25, 0.3) is 0 Å². The third-order valence-electron chi connectivity index (χ3n) is 3.79. The van der Waals surface area contributed by atoms with Gasteiger partial charge < -0.3 is 4.90 Å². The average Bonchev–Trinajstić information content (AvgIpc) is 2.54. The lowest BCUT2D eigenvalue weighted by Gasteiger charge is -2.32. The molecule has 0 aromatic carbocycles. The first-order chi connectivity index (χ1) is 7.79.